The molecule has 8 heteroatoms. The molecule has 0 unspecified atom stereocenters. The molecule has 2 aromatic heterocycles. The Kier molecular flexibility index (Phi) is 4.23. The first kappa shape index (κ1) is 16.2. The number of hydrogen-bond acceptors (Lipinski definition) is 3. The predicted octanol–water partition coefficient (Wildman–Crippen LogP) is 4.41. The summed E-state index contributed by atoms with van der Waals surface area (Å²) in [7, 11) is 0. The van der Waals surface area contributed by atoms with Crippen LogP contribution in [0.25, 0.3) is 5.65 Å². The molecule has 3 heterocycles. The molecular formula is C17H15Cl2N5O. The number of hydrogen-bond donors (Lipinski definition) is 1. The van der Waals surface area contributed by atoms with Gasteiger partial charge in [0, 0.05) is 18.4 Å². The van der Waals surface area contributed by atoms with Gasteiger partial charge >= 0.3 is 6.03 Å². The van der Waals surface area contributed by atoms with Crippen LogP contribution in [0.5, 0.6) is 0 Å². The number of nitrogens with one attached hydrogen (secondary N) is 1. The molecule has 1 N–H and O–H groups in total. The van der Waals surface area contributed by atoms with Crippen molar-refractivity contribution in [2.45, 2.75) is 18.9 Å². The van der Waals surface area contributed by atoms with Crippen LogP contribution in [0.15, 0.2) is 42.6 Å². The first-order valence-corrected chi connectivity index (χ1v) is 8.71. The zero-order valence-electron chi connectivity index (χ0n) is 13.2. The first-order chi connectivity index (χ1) is 12.1. The molecule has 6 nitrogen and oxygen atoms in total. The van der Waals surface area contributed by atoms with Crippen molar-refractivity contribution >= 4 is 40.6 Å². The van der Waals surface area contributed by atoms with E-state index in [1.54, 1.807) is 23.1 Å². The highest BCUT2D eigenvalue weighted by Gasteiger charge is 2.33. The lowest BCUT2D eigenvalue weighted by atomic mass is 10.2. The second-order valence-corrected chi connectivity index (χ2v) is 6.71. The molecule has 0 bridgehead atoms. The number of pyridine rings is 1. The van der Waals surface area contributed by atoms with Crippen molar-refractivity contribution in [2.75, 3.05) is 11.9 Å². The molecule has 0 saturated carbocycles. The average molecular weight is 376 g/mol. The number of anilines is 1. The van der Waals surface area contributed by atoms with Crippen LogP contribution in [-0.2, 0) is 0 Å². The fraction of sp³-hybridized carbons (Fsp3) is 0.235. The lowest BCUT2D eigenvalue weighted by molar-refractivity contribution is 0.204. The summed E-state index contributed by atoms with van der Waals surface area (Å²) in [5, 5.41) is 12.2. The lowest BCUT2D eigenvalue weighted by Crippen LogP contribution is -2.35. The molecule has 4 rings (SSSR count). The maximum Gasteiger partial charge on any atom is 0.322 e. The van der Waals surface area contributed by atoms with Crippen molar-refractivity contribution in [2.24, 2.45) is 0 Å². The van der Waals surface area contributed by atoms with E-state index in [0.717, 1.165) is 24.3 Å². The molecule has 0 spiro atoms. The molecule has 1 aromatic carbocycles. The average Bonchev–Trinajstić information content (AvgIpc) is 3.24. The van der Waals surface area contributed by atoms with E-state index in [2.05, 4.69) is 15.5 Å². The number of halogens is 2. The van der Waals surface area contributed by atoms with Crippen LogP contribution < -0.4 is 5.32 Å². The second kappa shape index (κ2) is 6.54. The quantitative estimate of drug-likeness (QED) is 0.721. The highest BCUT2D eigenvalue weighted by atomic mass is 35.5. The van der Waals surface area contributed by atoms with Gasteiger partial charge in [0.05, 0.1) is 16.1 Å². The zero-order valence-corrected chi connectivity index (χ0v) is 14.7. The van der Waals surface area contributed by atoms with Crippen molar-refractivity contribution in [1.82, 2.24) is 19.5 Å². The van der Waals surface area contributed by atoms with Crippen LogP contribution in [0.1, 0.15) is 24.7 Å². The van der Waals surface area contributed by atoms with Crippen LogP contribution >= 0.6 is 23.2 Å². The Bertz CT molecular complexity index is 942. The number of carbonyl (C=O) groups is 1. The molecule has 0 aliphatic carbocycles. The molecule has 1 atom stereocenters. The van der Waals surface area contributed by atoms with E-state index in [1.165, 1.54) is 0 Å². The number of amides is 2. The van der Waals surface area contributed by atoms with Crippen LogP contribution in [0.2, 0.25) is 10.0 Å². The van der Waals surface area contributed by atoms with Gasteiger partial charge in [0.25, 0.3) is 0 Å². The topological polar surface area (TPSA) is 62.5 Å². The second-order valence-electron chi connectivity index (χ2n) is 5.90. The van der Waals surface area contributed by atoms with E-state index < -0.39 is 0 Å². The number of likely N-dealkylation sites (tertiary alicyclic amines) is 1. The molecule has 1 aliphatic heterocycles. The van der Waals surface area contributed by atoms with Gasteiger partial charge in [0.1, 0.15) is 0 Å². The zero-order chi connectivity index (χ0) is 17.4. The van der Waals surface area contributed by atoms with E-state index in [9.17, 15) is 4.79 Å². The fourth-order valence-electron chi connectivity index (χ4n) is 3.13. The van der Waals surface area contributed by atoms with Crippen LogP contribution in [0, 0.1) is 0 Å². The summed E-state index contributed by atoms with van der Waals surface area (Å²) in [6, 6.07) is 10.5. The number of urea groups is 1. The number of nitrogens with zero attached hydrogens (tertiary/aromatic N) is 4. The third-order valence-corrected chi connectivity index (χ3v) is 5.06. The summed E-state index contributed by atoms with van der Waals surface area (Å²) >= 11 is 11.9. The Balaban J connectivity index is 1.58. The SMILES string of the molecule is O=C(Nc1ccc(Cl)c(Cl)c1)N1CCC[C@H]1c1nnc2ccccn12. The number of fused-ring (bicyclic) bond motifs is 1. The maximum absolute atomic E-state index is 12.7. The largest absolute Gasteiger partial charge is 0.322 e. The molecule has 3 aromatic rings. The monoisotopic (exact) mass is 375 g/mol. The van der Waals surface area contributed by atoms with E-state index in [4.69, 9.17) is 23.2 Å². The minimum atomic E-state index is -0.187. The molecular weight excluding hydrogens is 361 g/mol. The smallest absolute Gasteiger partial charge is 0.314 e. The van der Waals surface area contributed by atoms with Gasteiger partial charge in [-0.3, -0.25) is 4.40 Å². The highest BCUT2D eigenvalue weighted by Crippen LogP contribution is 2.32. The van der Waals surface area contributed by atoms with Gasteiger partial charge in [-0.2, -0.15) is 0 Å². The van der Waals surface area contributed by atoms with Crippen molar-refractivity contribution in [3.63, 3.8) is 0 Å². The van der Waals surface area contributed by atoms with Gasteiger partial charge in [-0.1, -0.05) is 29.3 Å². The Morgan fingerprint density at radius 1 is 1.16 bits per heavy atom. The Morgan fingerprint density at radius 3 is 2.88 bits per heavy atom. The van der Waals surface area contributed by atoms with Crippen LogP contribution in [0.3, 0.4) is 0 Å². The van der Waals surface area contributed by atoms with Gasteiger partial charge in [-0.25, -0.2) is 4.79 Å². The van der Waals surface area contributed by atoms with Crippen LogP contribution in [0.4, 0.5) is 10.5 Å². The number of benzene rings is 1. The molecule has 0 radical (unpaired) electrons. The summed E-state index contributed by atoms with van der Waals surface area (Å²) in [4.78, 5) is 14.5. The minimum absolute atomic E-state index is 0.111. The minimum Gasteiger partial charge on any atom is -0.314 e. The fourth-order valence-corrected chi connectivity index (χ4v) is 3.43. The van der Waals surface area contributed by atoms with Crippen LogP contribution in [-0.4, -0.2) is 32.1 Å². The molecule has 2 amide bonds. The van der Waals surface area contributed by atoms with Gasteiger partial charge in [-0.05, 0) is 43.2 Å². The van der Waals surface area contributed by atoms with E-state index >= 15 is 0 Å². The summed E-state index contributed by atoms with van der Waals surface area (Å²) in [5.41, 5.74) is 1.38. The molecule has 1 aliphatic rings. The summed E-state index contributed by atoms with van der Waals surface area (Å²) in [5.74, 6) is 0.775. The highest BCUT2D eigenvalue weighted by molar-refractivity contribution is 6.42. The standard InChI is InChI=1S/C17H15Cl2N5O/c18-12-7-6-11(10-13(12)19)20-17(25)23-9-3-4-14(23)16-22-21-15-5-1-2-8-24(15)16/h1-2,5-8,10,14H,3-4,9H2,(H,20,25)/t14-/m0/s1. The van der Waals surface area contributed by atoms with Gasteiger partial charge < -0.3 is 10.2 Å². The summed E-state index contributed by atoms with van der Waals surface area (Å²) in [6.07, 6.45) is 3.68. The number of carbonyl (C=O) groups excluding carboxylic acids is 1. The normalized spacial score (nSPS) is 17.2. The van der Waals surface area contributed by atoms with Gasteiger partial charge in [0.15, 0.2) is 11.5 Å². The van der Waals surface area contributed by atoms with E-state index in [-0.39, 0.29) is 12.1 Å². The predicted molar refractivity (Wildman–Crippen MR) is 97.1 cm³/mol. The molecule has 128 valence electrons. The van der Waals surface area contributed by atoms with Crippen molar-refractivity contribution in [1.29, 1.82) is 0 Å². The number of aromatic nitrogens is 3. The molecule has 1 saturated heterocycles. The van der Waals surface area contributed by atoms with E-state index in [1.807, 2.05) is 28.8 Å². The lowest BCUT2D eigenvalue weighted by Gasteiger charge is -2.24. The van der Waals surface area contributed by atoms with Crippen molar-refractivity contribution in [3.8, 4) is 0 Å². The first-order valence-electron chi connectivity index (χ1n) is 7.96. The number of rotatable bonds is 2. The van der Waals surface area contributed by atoms with Crippen molar-refractivity contribution < 1.29 is 4.79 Å². The third kappa shape index (κ3) is 3.03. The maximum atomic E-state index is 12.7. The summed E-state index contributed by atoms with van der Waals surface area (Å²) in [6.45, 7) is 0.666. The Labute approximate surface area is 154 Å². The van der Waals surface area contributed by atoms with Gasteiger partial charge in [0.2, 0.25) is 0 Å². The molecule has 1 fully saturated rings. The summed E-state index contributed by atoms with van der Waals surface area (Å²) < 4.78 is 1.93. The van der Waals surface area contributed by atoms with Crippen molar-refractivity contribution in [3.05, 3.63) is 58.5 Å². The molecule has 25 heavy (non-hydrogen) atoms. The Morgan fingerprint density at radius 2 is 2.04 bits per heavy atom. The Hall–Kier alpha value is -2.31. The van der Waals surface area contributed by atoms with E-state index in [0.29, 0.717) is 22.3 Å². The third-order valence-electron chi connectivity index (χ3n) is 4.32. The van der Waals surface area contributed by atoms with Gasteiger partial charge in [-0.15, -0.1) is 10.2 Å².